The molecule has 2 aromatic carbocycles. The van der Waals surface area contributed by atoms with Crippen LogP contribution in [0.3, 0.4) is 0 Å². The van der Waals surface area contributed by atoms with Crippen LogP contribution in [0.15, 0.2) is 65.7 Å². The summed E-state index contributed by atoms with van der Waals surface area (Å²) in [4.78, 5) is 14.9. The van der Waals surface area contributed by atoms with E-state index in [0.717, 1.165) is 22.4 Å². The lowest BCUT2D eigenvalue weighted by Crippen LogP contribution is -2.37. The van der Waals surface area contributed by atoms with Gasteiger partial charge in [-0.15, -0.1) is 0 Å². The fraction of sp³-hybridized carbons (Fsp3) is 0.250. The number of methoxy groups -OCH3 is 1. The third-order valence-electron chi connectivity index (χ3n) is 3.74. The molecule has 0 radical (unpaired) electrons. The number of nitro benzene ring substituents is 1. The number of guanidine groups is 1. The zero-order chi connectivity index (χ0) is 19.6. The first-order valence-corrected chi connectivity index (χ1v) is 8.51. The van der Waals surface area contributed by atoms with Crippen LogP contribution >= 0.6 is 0 Å². The van der Waals surface area contributed by atoms with Crippen LogP contribution in [-0.4, -0.2) is 24.5 Å². The van der Waals surface area contributed by atoms with E-state index in [0.29, 0.717) is 25.6 Å². The highest BCUT2D eigenvalue weighted by Gasteiger charge is 2.05. The van der Waals surface area contributed by atoms with Crippen molar-refractivity contribution < 1.29 is 9.66 Å². The molecule has 0 aliphatic rings. The van der Waals surface area contributed by atoms with Crippen LogP contribution in [-0.2, 0) is 13.1 Å². The Morgan fingerprint density at radius 3 is 2.30 bits per heavy atom. The maximum atomic E-state index is 10.7. The molecule has 7 heteroatoms. The van der Waals surface area contributed by atoms with Crippen molar-refractivity contribution in [1.29, 1.82) is 0 Å². The highest BCUT2D eigenvalue weighted by molar-refractivity contribution is 5.80. The van der Waals surface area contributed by atoms with Gasteiger partial charge in [0.1, 0.15) is 5.75 Å². The van der Waals surface area contributed by atoms with Crippen LogP contribution in [0.1, 0.15) is 18.1 Å². The van der Waals surface area contributed by atoms with Crippen LogP contribution < -0.4 is 15.4 Å². The van der Waals surface area contributed by atoms with Crippen molar-refractivity contribution in [3.8, 4) is 5.75 Å². The van der Waals surface area contributed by atoms with E-state index in [4.69, 9.17) is 4.74 Å². The maximum absolute atomic E-state index is 10.7. The summed E-state index contributed by atoms with van der Waals surface area (Å²) < 4.78 is 5.16. The van der Waals surface area contributed by atoms with Crippen molar-refractivity contribution in [3.05, 3.63) is 81.9 Å². The summed E-state index contributed by atoms with van der Waals surface area (Å²) in [6, 6.07) is 14.2. The Kier molecular flexibility index (Phi) is 7.37. The first-order valence-electron chi connectivity index (χ1n) is 8.51. The first-order chi connectivity index (χ1) is 13.0. The number of nitrogens with zero attached hydrogens (tertiary/aromatic N) is 2. The lowest BCUT2D eigenvalue weighted by atomic mass is 10.2. The van der Waals surface area contributed by atoms with Gasteiger partial charge in [0.2, 0.25) is 0 Å². The van der Waals surface area contributed by atoms with E-state index in [9.17, 15) is 10.1 Å². The monoisotopic (exact) mass is 368 g/mol. The normalized spacial score (nSPS) is 11.0. The van der Waals surface area contributed by atoms with Crippen molar-refractivity contribution in [2.24, 2.45) is 4.99 Å². The number of ether oxygens (including phenoxy) is 1. The molecule has 142 valence electrons. The van der Waals surface area contributed by atoms with E-state index in [1.165, 1.54) is 12.1 Å². The average Bonchev–Trinajstić information content (AvgIpc) is 2.68. The van der Waals surface area contributed by atoms with E-state index >= 15 is 0 Å². The summed E-state index contributed by atoms with van der Waals surface area (Å²) in [7, 11) is 1.63. The minimum absolute atomic E-state index is 0.0764. The molecule has 0 amide bonds. The van der Waals surface area contributed by atoms with Gasteiger partial charge >= 0.3 is 0 Å². The Labute approximate surface area is 158 Å². The second kappa shape index (κ2) is 9.96. The molecule has 0 atom stereocenters. The average molecular weight is 368 g/mol. The third-order valence-corrected chi connectivity index (χ3v) is 3.74. The standard InChI is InChI=1S/C20H24N4O3/c1-15(2)12-21-20(23-14-17-6-10-19(27-3)11-7-17)22-13-16-4-8-18(9-5-16)24(25)26/h4-11H,1,12-14H2,2-3H3,(H2,21,22,23). The Hall–Kier alpha value is -3.35. The molecular formula is C20H24N4O3. The van der Waals surface area contributed by atoms with Gasteiger partial charge in [-0.25, -0.2) is 4.99 Å². The summed E-state index contributed by atoms with van der Waals surface area (Å²) in [5, 5.41) is 17.2. The number of benzene rings is 2. The molecule has 0 saturated carbocycles. The number of nitrogens with one attached hydrogen (secondary N) is 2. The molecule has 0 bridgehead atoms. The Balaban J connectivity index is 2.01. The number of hydrogen-bond donors (Lipinski definition) is 2. The van der Waals surface area contributed by atoms with Gasteiger partial charge in [-0.3, -0.25) is 10.1 Å². The van der Waals surface area contributed by atoms with Gasteiger partial charge in [-0.1, -0.05) is 36.4 Å². The molecule has 0 aliphatic heterocycles. The molecule has 0 unspecified atom stereocenters. The Bertz CT molecular complexity index is 799. The zero-order valence-corrected chi connectivity index (χ0v) is 15.6. The fourth-order valence-corrected chi connectivity index (χ4v) is 2.23. The van der Waals surface area contributed by atoms with E-state index in [-0.39, 0.29) is 5.69 Å². The molecule has 0 heterocycles. The topological polar surface area (TPSA) is 88.8 Å². The second-order valence-electron chi connectivity index (χ2n) is 6.10. The highest BCUT2D eigenvalue weighted by Crippen LogP contribution is 2.13. The van der Waals surface area contributed by atoms with Crippen molar-refractivity contribution in [1.82, 2.24) is 10.6 Å². The summed E-state index contributed by atoms with van der Waals surface area (Å²) in [5.41, 5.74) is 3.05. The van der Waals surface area contributed by atoms with E-state index in [2.05, 4.69) is 22.2 Å². The lowest BCUT2D eigenvalue weighted by molar-refractivity contribution is -0.384. The number of non-ortho nitro benzene ring substituents is 1. The third kappa shape index (κ3) is 6.81. The van der Waals surface area contributed by atoms with Crippen molar-refractivity contribution in [2.75, 3.05) is 13.7 Å². The summed E-state index contributed by atoms with van der Waals surface area (Å²) in [6.07, 6.45) is 0. The SMILES string of the molecule is C=C(C)CNC(=NCc1ccc(OC)cc1)NCc1ccc([N+](=O)[O-])cc1. The maximum Gasteiger partial charge on any atom is 0.269 e. The molecule has 0 aliphatic carbocycles. The lowest BCUT2D eigenvalue weighted by Gasteiger charge is -2.13. The van der Waals surface area contributed by atoms with Gasteiger partial charge in [-0.2, -0.15) is 0 Å². The smallest absolute Gasteiger partial charge is 0.269 e. The molecule has 27 heavy (non-hydrogen) atoms. The number of aliphatic imine (C=N–C) groups is 1. The largest absolute Gasteiger partial charge is 0.497 e. The fourth-order valence-electron chi connectivity index (χ4n) is 2.23. The molecule has 0 fully saturated rings. The molecule has 2 N–H and O–H groups in total. The van der Waals surface area contributed by atoms with Crippen molar-refractivity contribution >= 4 is 11.6 Å². The Morgan fingerprint density at radius 2 is 1.74 bits per heavy atom. The minimum atomic E-state index is -0.409. The van der Waals surface area contributed by atoms with Crippen LogP contribution in [0.5, 0.6) is 5.75 Å². The number of rotatable bonds is 8. The molecule has 2 rings (SSSR count). The van der Waals surface area contributed by atoms with Gasteiger partial charge in [0.05, 0.1) is 18.6 Å². The zero-order valence-electron chi connectivity index (χ0n) is 15.6. The van der Waals surface area contributed by atoms with E-state index in [1.807, 2.05) is 31.2 Å². The predicted molar refractivity (Wildman–Crippen MR) is 107 cm³/mol. The van der Waals surface area contributed by atoms with Gasteiger partial charge in [0, 0.05) is 25.2 Å². The molecular weight excluding hydrogens is 344 g/mol. The van der Waals surface area contributed by atoms with Gasteiger partial charge in [0.25, 0.3) is 5.69 Å². The van der Waals surface area contributed by atoms with Gasteiger partial charge < -0.3 is 15.4 Å². The van der Waals surface area contributed by atoms with Gasteiger partial charge in [-0.05, 0) is 30.2 Å². The summed E-state index contributed by atoms with van der Waals surface area (Å²) in [6.45, 7) is 7.44. The van der Waals surface area contributed by atoms with Gasteiger partial charge in [0.15, 0.2) is 5.96 Å². The van der Waals surface area contributed by atoms with Crippen molar-refractivity contribution in [2.45, 2.75) is 20.0 Å². The molecule has 0 spiro atoms. The number of nitro groups is 1. The second-order valence-corrected chi connectivity index (χ2v) is 6.10. The summed E-state index contributed by atoms with van der Waals surface area (Å²) in [5.74, 6) is 1.45. The number of hydrogen-bond acceptors (Lipinski definition) is 4. The minimum Gasteiger partial charge on any atom is -0.497 e. The van der Waals surface area contributed by atoms with E-state index in [1.54, 1.807) is 19.2 Å². The molecule has 0 saturated heterocycles. The van der Waals surface area contributed by atoms with Crippen LogP contribution in [0.25, 0.3) is 0 Å². The first kappa shape index (κ1) is 20.0. The summed E-state index contributed by atoms with van der Waals surface area (Å²) >= 11 is 0. The molecule has 2 aromatic rings. The molecule has 7 nitrogen and oxygen atoms in total. The quantitative estimate of drug-likeness (QED) is 0.245. The molecule has 0 aromatic heterocycles. The van der Waals surface area contributed by atoms with Crippen LogP contribution in [0.4, 0.5) is 5.69 Å². The van der Waals surface area contributed by atoms with Crippen molar-refractivity contribution in [3.63, 3.8) is 0 Å². The Morgan fingerprint density at radius 1 is 1.11 bits per heavy atom. The van der Waals surface area contributed by atoms with Crippen LogP contribution in [0.2, 0.25) is 0 Å². The van der Waals surface area contributed by atoms with E-state index < -0.39 is 4.92 Å². The van der Waals surface area contributed by atoms with Crippen LogP contribution in [0, 0.1) is 10.1 Å². The predicted octanol–water partition coefficient (Wildman–Crippen LogP) is 3.41. The highest BCUT2D eigenvalue weighted by atomic mass is 16.6.